The quantitative estimate of drug-likeness (QED) is 0.616. The highest BCUT2D eigenvalue weighted by Gasteiger charge is 2.31. The molecule has 4 rings (SSSR count). The van der Waals surface area contributed by atoms with Crippen LogP contribution in [0.2, 0.25) is 0 Å². The second kappa shape index (κ2) is 8.64. The van der Waals surface area contributed by atoms with E-state index >= 15 is 0 Å². The number of carbonyl (C=O) groups is 2. The summed E-state index contributed by atoms with van der Waals surface area (Å²) in [5.74, 6) is 0.00411. The van der Waals surface area contributed by atoms with E-state index in [1.54, 1.807) is 0 Å². The SMILES string of the molecule is Cc1ccc(NC(=O)NCc2ccc3c(c2)N(C(=O)c2ccccc2)[C@@H](C)C3)cc1C. The number of benzene rings is 3. The van der Waals surface area contributed by atoms with Crippen molar-refractivity contribution in [2.24, 2.45) is 0 Å². The van der Waals surface area contributed by atoms with Crippen molar-refractivity contribution in [1.82, 2.24) is 5.32 Å². The smallest absolute Gasteiger partial charge is 0.319 e. The molecule has 0 spiro atoms. The van der Waals surface area contributed by atoms with Crippen LogP contribution in [-0.2, 0) is 13.0 Å². The Morgan fingerprint density at radius 2 is 1.74 bits per heavy atom. The molecule has 5 nitrogen and oxygen atoms in total. The maximum absolute atomic E-state index is 13.1. The molecule has 1 aliphatic rings. The molecule has 3 amide bonds. The molecule has 0 unspecified atom stereocenters. The zero-order valence-electron chi connectivity index (χ0n) is 18.1. The van der Waals surface area contributed by atoms with Crippen LogP contribution < -0.4 is 15.5 Å². The van der Waals surface area contributed by atoms with Gasteiger partial charge in [0, 0.05) is 29.5 Å². The van der Waals surface area contributed by atoms with E-state index in [0.29, 0.717) is 12.1 Å². The van der Waals surface area contributed by atoms with Gasteiger partial charge >= 0.3 is 6.03 Å². The maximum atomic E-state index is 13.1. The second-order valence-electron chi connectivity index (χ2n) is 8.16. The second-order valence-corrected chi connectivity index (χ2v) is 8.16. The van der Waals surface area contributed by atoms with Crippen LogP contribution in [0.15, 0.2) is 66.7 Å². The van der Waals surface area contributed by atoms with Gasteiger partial charge < -0.3 is 15.5 Å². The Morgan fingerprint density at radius 3 is 2.48 bits per heavy atom. The third-order valence-electron chi connectivity index (χ3n) is 5.82. The van der Waals surface area contributed by atoms with Gasteiger partial charge in [-0.05, 0) is 79.8 Å². The average Bonchev–Trinajstić information content (AvgIpc) is 3.10. The zero-order valence-corrected chi connectivity index (χ0v) is 18.1. The van der Waals surface area contributed by atoms with Crippen molar-refractivity contribution in [3.63, 3.8) is 0 Å². The van der Waals surface area contributed by atoms with Crippen LogP contribution in [0.3, 0.4) is 0 Å². The van der Waals surface area contributed by atoms with Crippen molar-refractivity contribution in [1.29, 1.82) is 0 Å². The monoisotopic (exact) mass is 413 g/mol. The van der Waals surface area contributed by atoms with Crippen LogP contribution in [0.1, 0.15) is 39.5 Å². The number of aryl methyl sites for hydroxylation is 2. The molecule has 1 heterocycles. The van der Waals surface area contributed by atoms with Gasteiger partial charge in [0.1, 0.15) is 0 Å². The van der Waals surface area contributed by atoms with Crippen molar-refractivity contribution in [2.45, 2.75) is 39.8 Å². The van der Waals surface area contributed by atoms with Gasteiger partial charge in [-0.3, -0.25) is 4.79 Å². The predicted octanol–water partition coefficient (Wildman–Crippen LogP) is 5.22. The lowest BCUT2D eigenvalue weighted by molar-refractivity contribution is 0.0981. The highest BCUT2D eigenvalue weighted by Crippen LogP contribution is 2.34. The van der Waals surface area contributed by atoms with E-state index in [0.717, 1.165) is 34.5 Å². The molecule has 3 aromatic carbocycles. The third kappa shape index (κ3) is 4.45. The number of hydrogen-bond donors (Lipinski definition) is 2. The first-order chi connectivity index (χ1) is 14.9. The minimum absolute atomic E-state index is 0.00411. The molecule has 0 saturated carbocycles. The summed E-state index contributed by atoms with van der Waals surface area (Å²) in [6.45, 7) is 6.51. The summed E-state index contributed by atoms with van der Waals surface area (Å²) in [7, 11) is 0. The molecule has 1 aliphatic heterocycles. The molecule has 0 aromatic heterocycles. The third-order valence-corrected chi connectivity index (χ3v) is 5.82. The lowest BCUT2D eigenvalue weighted by Crippen LogP contribution is -2.35. The number of nitrogens with zero attached hydrogens (tertiary/aromatic N) is 1. The van der Waals surface area contributed by atoms with Gasteiger partial charge in [0.2, 0.25) is 0 Å². The molecule has 0 bridgehead atoms. The van der Waals surface area contributed by atoms with E-state index in [9.17, 15) is 9.59 Å². The molecule has 0 radical (unpaired) electrons. The van der Waals surface area contributed by atoms with E-state index in [1.807, 2.05) is 79.4 Å². The first-order valence-electron chi connectivity index (χ1n) is 10.5. The van der Waals surface area contributed by atoms with Gasteiger partial charge in [-0.2, -0.15) is 0 Å². The Bertz CT molecular complexity index is 1120. The Balaban J connectivity index is 1.45. The number of fused-ring (bicyclic) bond motifs is 1. The number of nitrogens with one attached hydrogen (secondary N) is 2. The first-order valence-corrected chi connectivity index (χ1v) is 10.5. The minimum Gasteiger partial charge on any atom is -0.334 e. The molecule has 0 aliphatic carbocycles. The standard InChI is InChI=1S/C26H27N3O2/c1-17-9-12-23(13-18(17)2)28-26(31)27-16-20-10-11-22-14-19(3)29(24(22)15-20)25(30)21-7-5-4-6-8-21/h4-13,15,19H,14,16H2,1-3H3,(H2,27,28,31)/t19-/m0/s1. The van der Waals surface area contributed by atoms with Crippen LogP contribution in [-0.4, -0.2) is 18.0 Å². The Labute approximate surface area is 183 Å². The lowest BCUT2D eigenvalue weighted by atomic mass is 10.1. The van der Waals surface area contributed by atoms with E-state index in [-0.39, 0.29) is 18.0 Å². The molecular formula is C26H27N3O2. The number of carbonyl (C=O) groups excluding carboxylic acids is 2. The summed E-state index contributed by atoms with van der Waals surface area (Å²) < 4.78 is 0. The van der Waals surface area contributed by atoms with Crippen molar-refractivity contribution in [3.8, 4) is 0 Å². The molecule has 1 atom stereocenters. The van der Waals surface area contributed by atoms with Crippen molar-refractivity contribution in [3.05, 3.63) is 94.5 Å². The van der Waals surface area contributed by atoms with E-state index in [4.69, 9.17) is 0 Å². The Kier molecular flexibility index (Phi) is 5.76. The largest absolute Gasteiger partial charge is 0.334 e. The van der Waals surface area contributed by atoms with Gasteiger partial charge in [-0.25, -0.2) is 4.79 Å². The number of rotatable bonds is 4. The van der Waals surface area contributed by atoms with Crippen molar-refractivity contribution < 1.29 is 9.59 Å². The summed E-state index contributed by atoms with van der Waals surface area (Å²) in [5, 5.41) is 5.78. The average molecular weight is 414 g/mol. The van der Waals surface area contributed by atoms with E-state index in [2.05, 4.69) is 23.6 Å². The van der Waals surface area contributed by atoms with Crippen LogP contribution in [0.25, 0.3) is 0 Å². The van der Waals surface area contributed by atoms with Gasteiger partial charge in [0.15, 0.2) is 0 Å². The molecule has 3 aromatic rings. The van der Waals surface area contributed by atoms with E-state index < -0.39 is 0 Å². The van der Waals surface area contributed by atoms with Gasteiger partial charge in [-0.15, -0.1) is 0 Å². The van der Waals surface area contributed by atoms with Crippen LogP contribution in [0, 0.1) is 13.8 Å². The fraction of sp³-hybridized carbons (Fsp3) is 0.231. The number of amides is 3. The summed E-state index contributed by atoms with van der Waals surface area (Å²) >= 11 is 0. The van der Waals surface area contributed by atoms with Gasteiger partial charge in [-0.1, -0.05) is 36.4 Å². The normalized spacial score (nSPS) is 14.8. The van der Waals surface area contributed by atoms with Crippen molar-refractivity contribution >= 4 is 23.3 Å². The minimum atomic E-state index is -0.255. The number of anilines is 2. The summed E-state index contributed by atoms with van der Waals surface area (Å²) in [6, 6.07) is 21.1. The fourth-order valence-corrected chi connectivity index (χ4v) is 3.97. The Hall–Kier alpha value is -3.60. The van der Waals surface area contributed by atoms with Gasteiger partial charge in [0.25, 0.3) is 5.91 Å². The molecule has 0 saturated heterocycles. The molecule has 31 heavy (non-hydrogen) atoms. The molecule has 2 N–H and O–H groups in total. The zero-order chi connectivity index (χ0) is 22.0. The lowest BCUT2D eigenvalue weighted by Gasteiger charge is -2.23. The molecule has 0 fully saturated rings. The Morgan fingerprint density at radius 1 is 0.968 bits per heavy atom. The van der Waals surface area contributed by atoms with Crippen LogP contribution >= 0.6 is 0 Å². The molecule has 158 valence electrons. The summed E-state index contributed by atoms with van der Waals surface area (Å²) in [4.78, 5) is 27.3. The fourth-order valence-electron chi connectivity index (χ4n) is 3.97. The van der Waals surface area contributed by atoms with Gasteiger partial charge in [0.05, 0.1) is 0 Å². The maximum Gasteiger partial charge on any atom is 0.319 e. The van der Waals surface area contributed by atoms with Crippen LogP contribution in [0.5, 0.6) is 0 Å². The van der Waals surface area contributed by atoms with Crippen molar-refractivity contribution in [2.75, 3.05) is 10.2 Å². The number of urea groups is 1. The number of hydrogen-bond acceptors (Lipinski definition) is 2. The highest BCUT2D eigenvalue weighted by atomic mass is 16.2. The molecule has 5 heteroatoms. The summed E-state index contributed by atoms with van der Waals surface area (Å²) in [6.07, 6.45) is 0.828. The highest BCUT2D eigenvalue weighted by molar-refractivity contribution is 6.07. The molecular weight excluding hydrogens is 386 g/mol. The summed E-state index contributed by atoms with van der Waals surface area (Å²) in [5.41, 5.74) is 6.80. The topological polar surface area (TPSA) is 61.4 Å². The first kappa shape index (κ1) is 20.7. The van der Waals surface area contributed by atoms with Crippen LogP contribution in [0.4, 0.5) is 16.2 Å². The van der Waals surface area contributed by atoms with E-state index in [1.165, 1.54) is 5.56 Å². The predicted molar refractivity (Wildman–Crippen MR) is 125 cm³/mol.